The van der Waals surface area contributed by atoms with Gasteiger partial charge in [0.05, 0.1) is 18.3 Å². The molecule has 0 spiro atoms. The van der Waals surface area contributed by atoms with Crippen LogP contribution in [0.3, 0.4) is 0 Å². The molecular weight excluding hydrogens is 436 g/mol. The average Bonchev–Trinajstić information content (AvgIpc) is 3.13. The first-order chi connectivity index (χ1) is 15.7. The van der Waals surface area contributed by atoms with Crippen LogP contribution >= 0.6 is 11.3 Å². The number of nitrogens with zero attached hydrogens (tertiary/aromatic N) is 2. The van der Waals surface area contributed by atoms with Crippen LogP contribution in [-0.4, -0.2) is 28.2 Å². The van der Waals surface area contributed by atoms with Crippen LogP contribution in [0.25, 0.3) is 10.2 Å². The lowest BCUT2D eigenvalue weighted by Gasteiger charge is -2.21. The van der Waals surface area contributed by atoms with Crippen molar-refractivity contribution in [3.63, 3.8) is 0 Å². The van der Waals surface area contributed by atoms with Gasteiger partial charge in [-0.15, -0.1) is 11.3 Å². The quantitative estimate of drug-likeness (QED) is 0.438. The van der Waals surface area contributed by atoms with Crippen molar-refractivity contribution in [3.05, 3.63) is 57.0 Å². The third-order valence-corrected chi connectivity index (χ3v) is 7.43. The number of benzene rings is 1. The first-order valence-electron chi connectivity index (χ1n) is 11.7. The molecule has 2 heterocycles. The van der Waals surface area contributed by atoms with Gasteiger partial charge in [-0.05, 0) is 61.3 Å². The van der Waals surface area contributed by atoms with E-state index in [1.807, 2.05) is 12.1 Å². The second-order valence-corrected chi connectivity index (χ2v) is 10.8. The second-order valence-electron chi connectivity index (χ2n) is 9.77. The molecular formula is C26H32N2O4S. The summed E-state index contributed by atoms with van der Waals surface area (Å²) in [6, 6.07) is 8.05. The number of ether oxygens (including phenoxy) is 2. The van der Waals surface area contributed by atoms with Crippen LogP contribution < -0.4 is 10.3 Å². The number of fused-ring (bicyclic) bond motifs is 1. The van der Waals surface area contributed by atoms with Crippen molar-refractivity contribution < 1.29 is 14.3 Å². The fourth-order valence-electron chi connectivity index (χ4n) is 4.21. The molecule has 0 N–H and O–H groups in total. The standard InChI is InChI=1S/C26H32N2O4S/c1-17-21-23(33-22(17)25(30)32-20-8-6-5-7-9-20)27-16-28(24(21)29)14-15-31-19-12-10-18(11-13-19)26(2,3)4/h10-13,16,20H,5-9,14-15H2,1-4H3. The number of hydrogen-bond donors (Lipinski definition) is 0. The molecule has 1 saturated carbocycles. The lowest BCUT2D eigenvalue weighted by molar-refractivity contribution is 0.0216. The topological polar surface area (TPSA) is 70.4 Å². The molecule has 0 atom stereocenters. The summed E-state index contributed by atoms with van der Waals surface area (Å²) in [6.07, 6.45) is 6.74. The smallest absolute Gasteiger partial charge is 0.348 e. The first kappa shape index (κ1) is 23.5. The molecule has 0 amide bonds. The molecule has 2 aromatic heterocycles. The van der Waals surface area contributed by atoms with Gasteiger partial charge in [-0.2, -0.15) is 0 Å². The fourth-order valence-corrected chi connectivity index (χ4v) is 5.24. The van der Waals surface area contributed by atoms with E-state index >= 15 is 0 Å². The van der Waals surface area contributed by atoms with Crippen molar-refractivity contribution >= 4 is 27.5 Å². The summed E-state index contributed by atoms with van der Waals surface area (Å²) in [5.41, 5.74) is 1.83. The zero-order valence-electron chi connectivity index (χ0n) is 19.8. The summed E-state index contributed by atoms with van der Waals surface area (Å²) < 4.78 is 13.1. The Bertz CT molecular complexity index is 1180. The molecule has 0 bridgehead atoms. The molecule has 1 aliphatic rings. The molecule has 0 saturated heterocycles. The monoisotopic (exact) mass is 468 g/mol. The van der Waals surface area contributed by atoms with E-state index in [0.29, 0.717) is 33.8 Å². The minimum Gasteiger partial charge on any atom is -0.492 e. The molecule has 33 heavy (non-hydrogen) atoms. The van der Waals surface area contributed by atoms with Crippen molar-refractivity contribution in [1.29, 1.82) is 0 Å². The van der Waals surface area contributed by atoms with E-state index in [0.717, 1.165) is 31.4 Å². The normalized spacial score (nSPS) is 15.0. The van der Waals surface area contributed by atoms with E-state index < -0.39 is 0 Å². The third-order valence-electron chi connectivity index (χ3n) is 6.25. The van der Waals surface area contributed by atoms with Gasteiger partial charge in [0.15, 0.2) is 0 Å². The van der Waals surface area contributed by atoms with Gasteiger partial charge in [0.25, 0.3) is 5.56 Å². The van der Waals surface area contributed by atoms with Crippen LogP contribution in [0.5, 0.6) is 5.75 Å². The molecule has 1 fully saturated rings. The molecule has 0 radical (unpaired) electrons. The lowest BCUT2D eigenvalue weighted by Crippen LogP contribution is -2.23. The maximum absolute atomic E-state index is 13.1. The minimum atomic E-state index is -0.338. The van der Waals surface area contributed by atoms with Gasteiger partial charge in [0, 0.05) is 0 Å². The largest absolute Gasteiger partial charge is 0.492 e. The van der Waals surface area contributed by atoms with Crippen LogP contribution in [0.15, 0.2) is 35.4 Å². The summed E-state index contributed by atoms with van der Waals surface area (Å²) in [6.45, 7) is 9.04. The minimum absolute atomic E-state index is 0.0184. The summed E-state index contributed by atoms with van der Waals surface area (Å²) >= 11 is 1.24. The lowest BCUT2D eigenvalue weighted by atomic mass is 9.87. The fraction of sp³-hybridized carbons (Fsp3) is 0.500. The predicted molar refractivity (Wildman–Crippen MR) is 132 cm³/mol. The highest BCUT2D eigenvalue weighted by molar-refractivity contribution is 7.20. The van der Waals surface area contributed by atoms with Gasteiger partial charge in [-0.3, -0.25) is 9.36 Å². The van der Waals surface area contributed by atoms with Gasteiger partial charge in [-0.1, -0.05) is 39.3 Å². The average molecular weight is 469 g/mol. The van der Waals surface area contributed by atoms with Crippen LogP contribution in [0, 0.1) is 6.92 Å². The zero-order chi connectivity index (χ0) is 23.6. The Morgan fingerprint density at radius 1 is 1.15 bits per heavy atom. The molecule has 6 nitrogen and oxygen atoms in total. The number of thiophene rings is 1. The maximum Gasteiger partial charge on any atom is 0.348 e. The Labute approximate surface area is 198 Å². The van der Waals surface area contributed by atoms with Crippen LogP contribution in [0.1, 0.15) is 73.7 Å². The molecule has 1 aromatic carbocycles. The van der Waals surface area contributed by atoms with Crippen molar-refractivity contribution in [1.82, 2.24) is 9.55 Å². The van der Waals surface area contributed by atoms with Gasteiger partial charge >= 0.3 is 5.97 Å². The Morgan fingerprint density at radius 3 is 2.52 bits per heavy atom. The number of rotatable bonds is 6. The molecule has 0 aliphatic heterocycles. The van der Waals surface area contributed by atoms with Crippen LogP contribution in [0.4, 0.5) is 0 Å². The summed E-state index contributed by atoms with van der Waals surface area (Å²) in [5.74, 6) is 0.430. The summed E-state index contributed by atoms with van der Waals surface area (Å²) in [4.78, 5) is 31.3. The number of esters is 1. The van der Waals surface area contributed by atoms with E-state index in [9.17, 15) is 9.59 Å². The molecule has 3 aromatic rings. The van der Waals surface area contributed by atoms with Crippen molar-refractivity contribution in [2.45, 2.75) is 77.9 Å². The summed E-state index contributed by atoms with van der Waals surface area (Å²) in [7, 11) is 0. The Morgan fingerprint density at radius 2 is 1.85 bits per heavy atom. The number of carbonyl (C=O) groups is 1. The predicted octanol–water partition coefficient (Wildman–Crippen LogP) is 5.63. The van der Waals surface area contributed by atoms with Crippen molar-refractivity contribution in [2.24, 2.45) is 0 Å². The van der Waals surface area contributed by atoms with E-state index in [1.54, 1.807) is 11.5 Å². The second kappa shape index (κ2) is 9.67. The van der Waals surface area contributed by atoms with Crippen molar-refractivity contribution in [2.75, 3.05) is 6.61 Å². The maximum atomic E-state index is 13.1. The van der Waals surface area contributed by atoms with Gasteiger partial charge in [0.1, 0.15) is 28.2 Å². The molecule has 1 aliphatic carbocycles. The number of aryl methyl sites for hydroxylation is 1. The van der Waals surface area contributed by atoms with Crippen LogP contribution in [-0.2, 0) is 16.7 Å². The van der Waals surface area contributed by atoms with Gasteiger partial charge in [0.2, 0.25) is 0 Å². The van der Waals surface area contributed by atoms with E-state index in [-0.39, 0.29) is 23.0 Å². The Balaban J connectivity index is 1.44. The number of hydrogen-bond acceptors (Lipinski definition) is 6. The van der Waals surface area contributed by atoms with E-state index in [2.05, 4.69) is 37.9 Å². The Hall–Kier alpha value is -2.67. The molecule has 4 rings (SSSR count). The molecule has 7 heteroatoms. The van der Waals surface area contributed by atoms with Gasteiger partial charge < -0.3 is 9.47 Å². The Kier molecular flexibility index (Phi) is 6.88. The van der Waals surface area contributed by atoms with Gasteiger partial charge in [-0.25, -0.2) is 9.78 Å². The highest BCUT2D eigenvalue weighted by atomic mass is 32.1. The highest BCUT2D eigenvalue weighted by Crippen LogP contribution is 2.29. The molecule has 176 valence electrons. The summed E-state index contributed by atoms with van der Waals surface area (Å²) in [5, 5.41) is 0.493. The number of carbonyl (C=O) groups excluding carboxylic acids is 1. The third kappa shape index (κ3) is 5.29. The van der Waals surface area contributed by atoms with Crippen molar-refractivity contribution in [3.8, 4) is 5.75 Å². The first-order valence-corrected chi connectivity index (χ1v) is 12.5. The number of aromatic nitrogens is 2. The van der Waals surface area contributed by atoms with E-state index in [4.69, 9.17) is 9.47 Å². The zero-order valence-corrected chi connectivity index (χ0v) is 20.7. The molecule has 0 unspecified atom stereocenters. The highest BCUT2D eigenvalue weighted by Gasteiger charge is 2.24. The SMILES string of the molecule is Cc1c(C(=O)OC2CCCCC2)sc2ncn(CCOc3ccc(C(C)(C)C)cc3)c(=O)c12. The van der Waals surface area contributed by atoms with Crippen LogP contribution in [0.2, 0.25) is 0 Å². The van der Waals surface area contributed by atoms with E-state index in [1.165, 1.54) is 29.6 Å².